The van der Waals surface area contributed by atoms with Crippen LogP contribution in [-0.2, 0) is 4.65 Å². The first-order chi connectivity index (χ1) is 10.6. The molecule has 3 aromatic carbocycles. The van der Waals surface area contributed by atoms with E-state index < -0.39 is 0 Å². The summed E-state index contributed by atoms with van der Waals surface area (Å²) in [6.07, 6.45) is 1.11. The van der Waals surface area contributed by atoms with Gasteiger partial charge >= 0.3 is 7.48 Å². The smallest absolute Gasteiger partial charge is 0.330 e. The van der Waals surface area contributed by atoms with Crippen molar-refractivity contribution in [2.24, 2.45) is 5.41 Å². The maximum Gasteiger partial charge on any atom is 0.330 e. The van der Waals surface area contributed by atoms with Gasteiger partial charge in [0.25, 0.3) is 0 Å². The van der Waals surface area contributed by atoms with Crippen LogP contribution in [0.3, 0.4) is 0 Å². The van der Waals surface area contributed by atoms with Gasteiger partial charge in [-0.15, -0.1) is 0 Å². The highest BCUT2D eigenvalue weighted by Crippen LogP contribution is 2.24. The van der Waals surface area contributed by atoms with Gasteiger partial charge in [0.05, 0.1) is 0 Å². The van der Waals surface area contributed by atoms with Crippen LogP contribution >= 0.6 is 0 Å². The molecule has 1 radical (unpaired) electrons. The van der Waals surface area contributed by atoms with Crippen LogP contribution in [-0.4, -0.2) is 14.1 Å². The van der Waals surface area contributed by atoms with E-state index in [9.17, 15) is 0 Å². The molecule has 1 nitrogen and oxygen atoms in total. The molecule has 0 aromatic heterocycles. The van der Waals surface area contributed by atoms with Crippen molar-refractivity contribution in [1.29, 1.82) is 0 Å². The molecular weight excluding hydrogens is 267 g/mol. The largest absolute Gasteiger partial charge is 0.434 e. The summed E-state index contributed by atoms with van der Waals surface area (Å²) in [6, 6.07) is 19.3. The molecule has 0 bridgehead atoms. The first-order valence-corrected chi connectivity index (χ1v) is 7.96. The minimum absolute atomic E-state index is 0.211. The Hall–Kier alpha value is -1.80. The van der Waals surface area contributed by atoms with Crippen molar-refractivity contribution in [3.05, 3.63) is 54.6 Å². The molecule has 0 aliphatic carbocycles. The predicted molar refractivity (Wildman–Crippen MR) is 96.9 cm³/mol. The van der Waals surface area contributed by atoms with Crippen molar-refractivity contribution in [1.82, 2.24) is 0 Å². The average Bonchev–Trinajstić information content (AvgIpc) is 2.55. The van der Waals surface area contributed by atoms with Crippen molar-refractivity contribution < 1.29 is 4.65 Å². The van der Waals surface area contributed by atoms with Crippen molar-refractivity contribution in [3.8, 4) is 0 Å². The van der Waals surface area contributed by atoms with Gasteiger partial charge in [-0.25, -0.2) is 0 Å². The molecular formula is C20H22BO. The third kappa shape index (κ3) is 3.03. The zero-order valence-electron chi connectivity index (χ0n) is 13.6. The van der Waals surface area contributed by atoms with E-state index in [2.05, 4.69) is 75.4 Å². The maximum atomic E-state index is 5.91. The molecule has 3 aromatic rings. The normalized spacial score (nSPS) is 12.0. The number of hydrogen-bond donors (Lipinski definition) is 0. The van der Waals surface area contributed by atoms with Crippen molar-refractivity contribution in [2.45, 2.75) is 27.2 Å². The minimum atomic E-state index is 0.211. The Balaban J connectivity index is 1.97. The summed E-state index contributed by atoms with van der Waals surface area (Å²) in [5.74, 6) is 0. The summed E-state index contributed by atoms with van der Waals surface area (Å²) in [6.45, 7) is 7.41. The molecule has 0 amide bonds. The minimum Gasteiger partial charge on any atom is -0.434 e. The van der Waals surface area contributed by atoms with Crippen molar-refractivity contribution in [3.63, 3.8) is 0 Å². The van der Waals surface area contributed by atoms with Gasteiger partial charge in [0, 0.05) is 6.61 Å². The molecule has 0 aliphatic heterocycles. The number of hydrogen-bond acceptors (Lipinski definition) is 1. The summed E-state index contributed by atoms with van der Waals surface area (Å²) < 4.78 is 5.91. The summed E-state index contributed by atoms with van der Waals surface area (Å²) in [5, 5.41) is 5.08. The SMILES string of the molecule is CCC(C)(C)CO[B]c1cc2ccccc2c2ccccc12. The molecule has 0 spiro atoms. The van der Waals surface area contributed by atoms with E-state index in [1.54, 1.807) is 0 Å². The van der Waals surface area contributed by atoms with Gasteiger partial charge in [-0.3, -0.25) is 0 Å². The standard InChI is InChI=1S/C20H22BO/c1-4-20(2,3)14-22-21-19-13-15-9-5-6-10-16(15)17-11-7-8-12-18(17)19/h5-13H,4,14H2,1-3H3. The summed E-state index contributed by atoms with van der Waals surface area (Å²) >= 11 is 0. The van der Waals surface area contributed by atoms with Crippen molar-refractivity contribution >= 4 is 34.5 Å². The van der Waals surface area contributed by atoms with Gasteiger partial charge in [0.2, 0.25) is 0 Å². The van der Waals surface area contributed by atoms with Gasteiger partial charge < -0.3 is 4.65 Å². The molecule has 0 atom stereocenters. The van der Waals surface area contributed by atoms with Crippen LogP contribution in [0.25, 0.3) is 21.5 Å². The Morgan fingerprint density at radius 3 is 2.27 bits per heavy atom. The molecule has 3 rings (SSSR count). The fourth-order valence-corrected chi connectivity index (χ4v) is 2.64. The molecule has 0 fully saturated rings. The lowest BCUT2D eigenvalue weighted by Gasteiger charge is -2.22. The predicted octanol–water partition coefficient (Wildman–Crippen LogP) is 4.69. The molecule has 0 aliphatic rings. The highest BCUT2D eigenvalue weighted by molar-refractivity contribution is 6.52. The first kappa shape index (κ1) is 15.1. The molecule has 0 saturated heterocycles. The van der Waals surface area contributed by atoms with E-state index in [4.69, 9.17) is 4.65 Å². The number of benzene rings is 3. The quantitative estimate of drug-likeness (QED) is 0.489. The van der Waals surface area contributed by atoms with Crippen LogP contribution in [0.2, 0.25) is 0 Å². The van der Waals surface area contributed by atoms with Crippen LogP contribution in [0.1, 0.15) is 27.2 Å². The fraction of sp³-hybridized carbons (Fsp3) is 0.300. The van der Waals surface area contributed by atoms with Gasteiger partial charge in [-0.1, -0.05) is 75.4 Å². The lowest BCUT2D eigenvalue weighted by molar-refractivity contribution is 0.184. The van der Waals surface area contributed by atoms with Gasteiger partial charge in [-0.2, -0.15) is 0 Å². The van der Waals surface area contributed by atoms with Gasteiger partial charge in [0.15, 0.2) is 0 Å². The van der Waals surface area contributed by atoms with Crippen LogP contribution in [0, 0.1) is 5.41 Å². The van der Waals surface area contributed by atoms with E-state index in [1.807, 2.05) is 7.48 Å². The monoisotopic (exact) mass is 289 g/mol. The highest BCUT2D eigenvalue weighted by atomic mass is 16.4. The molecule has 0 heterocycles. The Labute approximate surface area is 133 Å². The van der Waals surface area contributed by atoms with Gasteiger partial charge in [0.1, 0.15) is 0 Å². The molecule has 22 heavy (non-hydrogen) atoms. The van der Waals surface area contributed by atoms with E-state index in [1.165, 1.54) is 21.5 Å². The third-order valence-corrected chi connectivity index (χ3v) is 4.44. The Bertz CT molecular complexity index is 792. The Morgan fingerprint density at radius 1 is 0.909 bits per heavy atom. The van der Waals surface area contributed by atoms with E-state index in [0.717, 1.165) is 18.5 Å². The second kappa shape index (κ2) is 6.14. The van der Waals surface area contributed by atoms with E-state index in [0.29, 0.717) is 0 Å². The zero-order valence-corrected chi connectivity index (χ0v) is 13.6. The first-order valence-electron chi connectivity index (χ1n) is 7.96. The Kier molecular flexibility index (Phi) is 4.22. The van der Waals surface area contributed by atoms with E-state index in [-0.39, 0.29) is 5.41 Å². The zero-order chi connectivity index (χ0) is 15.6. The summed E-state index contributed by atoms with van der Waals surface area (Å²) in [5.41, 5.74) is 1.37. The molecule has 0 unspecified atom stereocenters. The molecule has 2 heteroatoms. The topological polar surface area (TPSA) is 9.23 Å². The van der Waals surface area contributed by atoms with Gasteiger partial charge in [-0.05, 0) is 38.8 Å². The summed E-state index contributed by atoms with van der Waals surface area (Å²) in [7, 11) is 1.92. The number of rotatable bonds is 5. The average molecular weight is 289 g/mol. The molecule has 0 N–H and O–H groups in total. The van der Waals surface area contributed by atoms with Crippen LogP contribution < -0.4 is 5.46 Å². The van der Waals surface area contributed by atoms with Crippen molar-refractivity contribution in [2.75, 3.05) is 6.61 Å². The lowest BCUT2D eigenvalue weighted by atomic mass is 9.81. The Morgan fingerprint density at radius 2 is 1.55 bits per heavy atom. The van der Waals surface area contributed by atoms with Crippen LogP contribution in [0.15, 0.2) is 54.6 Å². The van der Waals surface area contributed by atoms with Crippen LogP contribution in [0.5, 0.6) is 0 Å². The second-order valence-electron chi connectivity index (χ2n) is 6.68. The lowest BCUT2D eigenvalue weighted by Crippen LogP contribution is -2.25. The second-order valence-corrected chi connectivity index (χ2v) is 6.68. The van der Waals surface area contributed by atoms with Crippen LogP contribution in [0.4, 0.5) is 0 Å². The summed E-state index contributed by atoms with van der Waals surface area (Å²) in [4.78, 5) is 0. The highest BCUT2D eigenvalue weighted by Gasteiger charge is 2.16. The van der Waals surface area contributed by atoms with E-state index >= 15 is 0 Å². The maximum absolute atomic E-state index is 5.91. The molecule has 111 valence electrons. The molecule has 0 saturated carbocycles. The third-order valence-electron chi connectivity index (χ3n) is 4.44. The fourth-order valence-electron chi connectivity index (χ4n) is 2.64. The number of fused-ring (bicyclic) bond motifs is 3.